The van der Waals surface area contributed by atoms with E-state index in [9.17, 15) is 4.79 Å². The molecule has 7 nitrogen and oxygen atoms in total. The van der Waals surface area contributed by atoms with Crippen LogP contribution in [0.1, 0.15) is 34.2 Å². The predicted molar refractivity (Wildman–Crippen MR) is 121 cm³/mol. The number of aryl methyl sites for hydroxylation is 4. The van der Waals surface area contributed by atoms with Gasteiger partial charge < -0.3 is 4.74 Å². The van der Waals surface area contributed by atoms with Crippen molar-refractivity contribution in [2.75, 3.05) is 44.3 Å². The van der Waals surface area contributed by atoms with Gasteiger partial charge in [-0.25, -0.2) is 4.98 Å². The van der Waals surface area contributed by atoms with Gasteiger partial charge in [0.1, 0.15) is 5.69 Å². The van der Waals surface area contributed by atoms with Crippen molar-refractivity contribution in [1.82, 2.24) is 19.7 Å². The third kappa shape index (κ3) is 4.26. The van der Waals surface area contributed by atoms with E-state index in [0.717, 1.165) is 53.9 Å². The van der Waals surface area contributed by atoms with Crippen molar-refractivity contribution in [3.05, 3.63) is 40.7 Å². The van der Waals surface area contributed by atoms with Crippen molar-refractivity contribution in [3.63, 3.8) is 0 Å². The number of amides is 1. The molecule has 2 aromatic heterocycles. The predicted octanol–water partition coefficient (Wildman–Crippen LogP) is 3.42. The molecule has 0 radical (unpaired) electrons. The highest BCUT2D eigenvalue weighted by atomic mass is 32.1. The van der Waals surface area contributed by atoms with Crippen molar-refractivity contribution in [2.45, 2.75) is 34.2 Å². The summed E-state index contributed by atoms with van der Waals surface area (Å²) >= 11 is 1.59. The molecule has 0 unspecified atom stereocenters. The molecule has 1 amide bonds. The van der Waals surface area contributed by atoms with Crippen LogP contribution < -0.4 is 4.90 Å². The molecule has 3 aromatic rings. The minimum Gasteiger partial charge on any atom is -0.379 e. The Balaban J connectivity index is 1.69. The van der Waals surface area contributed by atoms with E-state index >= 15 is 0 Å². The monoisotopic (exact) mass is 427 g/mol. The Morgan fingerprint density at radius 1 is 1.20 bits per heavy atom. The van der Waals surface area contributed by atoms with Crippen LogP contribution in [0.2, 0.25) is 0 Å². The van der Waals surface area contributed by atoms with Crippen LogP contribution >= 0.6 is 11.3 Å². The van der Waals surface area contributed by atoms with E-state index in [4.69, 9.17) is 9.72 Å². The molecule has 8 heteroatoms. The molecule has 0 spiro atoms. The molecular weight excluding hydrogens is 398 g/mol. The number of morpholine rings is 1. The van der Waals surface area contributed by atoms with Crippen molar-refractivity contribution < 1.29 is 9.53 Å². The number of carbonyl (C=O) groups is 1. The summed E-state index contributed by atoms with van der Waals surface area (Å²) in [6.45, 7) is 13.4. The highest BCUT2D eigenvalue weighted by Crippen LogP contribution is 2.33. The molecule has 1 aliphatic rings. The lowest BCUT2D eigenvalue weighted by molar-refractivity contribution is 0.0391. The van der Waals surface area contributed by atoms with Gasteiger partial charge in [0.05, 0.1) is 29.1 Å². The van der Waals surface area contributed by atoms with Crippen molar-refractivity contribution in [1.29, 1.82) is 0 Å². The van der Waals surface area contributed by atoms with E-state index in [1.807, 2.05) is 24.8 Å². The molecule has 30 heavy (non-hydrogen) atoms. The molecule has 1 aromatic carbocycles. The number of thiazole rings is 1. The molecule has 0 atom stereocenters. The summed E-state index contributed by atoms with van der Waals surface area (Å²) in [6, 6.07) is 6.13. The number of hydrogen-bond acceptors (Lipinski definition) is 6. The highest BCUT2D eigenvalue weighted by molar-refractivity contribution is 7.22. The average Bonchev–Trinajstić information content (AvgIpc) is 3.32. The third-order valence-electron chi connectivity index (χ3n) is 5.45. The molecule has 0 aliphatic carbocycles. The number of aromatic nitrogens is 3. The van der Waals surface area contributed by atoms with E-state index in [1.54, 1.807) is 16.0 Å². The second-order valence-corrected chi connectivity index (χ2v) is 8.80. The Bertz CT molecular complexity index is 1050. The van der Waals surface area contributed by atoms with Crippen molar-refractivity contribution in [2.24, 2.45) is 0 Å². The summed E-state index contributed by atoms with van der Waals surface area (Å²) in [4.78, 5) is 22.7. The lowest BCUT2D eigenvalue weighted by Crippen LogP contribution is -2.43. The summed E-state index contributed by atoms with van der Waals surface area (Å²) in [5.74, 6) is -0.0425. The summed E-state index contributed by atoms with van der Waals surface area (Å²) in [5.41, 5.74) is 4.80. The van der Waals surface area contributed by atoms with Crippen molar-refractivity contribution >= 4 is 32.6 Å². The number of fused-ring (bicyclic) bond motifs is 1. The van der Waals surface area contributed by atoms with Crippen LogP contribution in [-0.2, 0) is 11.3 Å². The number of hydrogen-bond donors (Lipinski definition) is 0. The Kier molecular flexibility index (Phi) is 6.17. The van der Waals surface area contributed by atoms with Gasteiger partial charge in [0.25, 0.3) is 5.91 Å². The van der Waals surface area contributed by atoms with Gasteiger partial charge in [-0.1, -0.05) is 17.4 Å². The summed E-state index contributed by atoms with van der Waals surface area (Å²) in [5, 5.41) is 5.22. The standard InChI is InChI=1S/C22H29N5O2S/c1-5-27-19(14-17(4)24-27)21(28)26(7-6-25-8-10-29-11-9-25)22-23-18-13-15(2)12-16(3)20(18)30-22/h12-14H,5-11H2,1-4H3. The van der Waals surface area contributed by atoms with Crippen LogP contribution in [0, 0.1) is 20.8 Å². The number of carbonyl (C=O) groups excluding carboxylic acids is 1. The number of benzene rings is 1. The quantitative estimate of drug-likeness (QED) is 0.603. The van der Waals surface area contributed by atoms with E-state index in [-0.39, 0.29) is 5.91 Å². The smallest absolute Gasteiger partial charge is 0.278 e. The first-order valence-corrected chi connectivity index (χ1v) is 11.3. The zero-order valence-electron chi connectivity index (χ0n) is 18.1. The normalized spacial score (nSPS) is 15.1. The van der Waals surface area contributed by atoms with Gasteiger partial charge in [0.15, 0.2) is 5.13 Å². The topological polar surface area (TPSA) is 63.5 Å². The Morgan fingerprint density at radius 3 is 2.70 bits per heavy atom. The second kappa shape index (κ2) is 8.83. The van der Waals surface area contributed by atoms with Crippen molar-refractivity contribution in [3.8, 4) is 0 Å². The number of nitrogens with zero attached hydrogens (tertiary/aromatic N) is 5. The van der Waals surface area contributed by atoms with Gasteiger partial charge in [-0.3, -0.25) is 19.3 Å². The molecular formula is C22H29N5O2S. The molecule has 1 aliphatic heterocycles. The first-order chi connectivity index (χ1) is 14.5. The first-order valence-electron chi connectivity index (χ1n) is 10.5. The summed E-state index contributed by atoms with van der Waals surface area (Å²) in [7, 11) is 0. The minimum absolute atomic E-state index is 0.0425. The molecule has 1 fully saturated rings. The van der Waals surface area contributed by atoms with E-state index < -0.39 is 0 Å². The Hall–Kier alpha value is -2.29. The zero-order chi connectivity index (χ0) is 21.3. The molecule has 160 valence electrons. The molecule has 0 bridgehead atoms. The maximum Gasteiger partial charge on any atom is 0.278 e. The lowest BCUT2D eigenvalue weighted by Gasteiger charge is -2.29. The van der Waals surface area contributed by atoms with Gasteiger partial charge in [0, 0.05) is 32.7 Å². The highest BCUT2D eigenvalue weighted by Gasteiger charge is 2.26. The number of anilines is 1. The van der Waals surface area contributed by atoms with E-state index in [1.165, 1.54) is 11.1 Å². The van der Waals surface area contributed by atoms with Crippen LogP contribution in [0.3, 0.4) is 0 Å². The maximum atomic E-state index is 13.6. The van der Waals surface area contributed by atoms with Crippen LogP contribution in [0.15, 0.2) is 18.2 Å². The molecule has 1 saturated heterocycles. The SMILES string of the molecule is CCn1nc(C)cc1C(=O)N(CCN1CCOCC1)c1nc2cc(C)cc(C)c2s1. The fourth-order valence-corrected chi connectivity index (χ4v) is 4.97. The van der Waals surface area contributed by atoms with E-state index in [0.29, 0.717) is 18.8 Å². The summed E-state index contributed by atoms with van der Waals surface area (Å²) in [6.07, 6.45) is 0. The van der Waals surface area contributed by atoms with Gasteiger partial charge >= 0.3 is 0 Å². The number of ether oxygens (including phenoxy) is 1. The van der Waals surface area contributed by atoms with Gasteiger partial charge in [-0.2, -0.15) is 5.10 Å². The lowest BCUT2D eigenvalue weighted by atomic mass is 10.1. The molecule has 4 rings (SSSR count). The third-order valence-corrected chi connectivity index (χ3v) is 6.68. The molecule has 0 N–H and O–H groups in total. The zero-order valence-corrected chi connectivity index (χ0v) is 19.0. The fourth-order valence-electron chi connectivity index (χ4n) is 3.93. The summed E-state index contributed by atoms with van der Waals surface area (Å²) < 4.78 is 8.38. The second-order valence-electron chi connectivity index (χ2n) is 7.82. The Labute approximate surface area is 181 Å². The van der Waals surface area contributed by atoms with Crippen LogP contribution in [0.4, 0.5) is 5.13 Å². The Morgan fingerprint density at radius 2 is 1.97 bits per heavy atom. The van der Waals surface area contributed by atoms with Gasteiger partial charge in [0.2, 0.25) is 0 Å². The van der Waals surface area contributed by atoms with Crippen LogP contribution in [0.5, 0.6) is 0 Å². The first kappa shape index (κ1) is 21.0. The van der Waals surface area contributed by atoms with E-state index in [2.05, 4.69) is 36.0 Å². The van der Waals surface area contributed by atoms with Gasteiger partial charge in [-0.15, -0.1) is 0 Å². The van der Waals surface area contributed by atoms with Crippen LogP contribution in [0.25, 0.3) is 10.2 Å². The fraction of sp³-hybridized carbons (Fsp3) is 0.500. The largest absolute Gasteiger partial charge is 0.379 e. The maximum absolute atomic E-state index is 13.6. The molecule has 0 saturated carbocycles. The van der Waals surface area contributed by atoms with Gasteiger partial charge in [-0.05, 0) is 51.0 Å². The average molecular weight is 428 g/mol. The van der Waals surface area contributed by atoms with Crippen LogP contribution in [-0.4, -0.2) is 65.0 Å². The molecule has 3 heterocycles. The number of rotatable bonds is 6. The minimum atomic E-state index is -0.0425.